The highest BCUT2D eigenvalue weighted by molar-refractivity contribution is 7.47. The van der Waals surface area contributed by atoms with E-state index in [1.165, 1.54) is 103 Å². The standard InChI is InChI=1S/C89H152O16P2/c1-4-7-10-13-16-19-22-25-28-31-33-34-35-36-37-38-39-40-41-42-43-44-45-46-47-48-50-53-54-57-60-63-66-69-72-75-87(92)99-78-84(90)79-101-106(95,96)102-80-85(91)81-103-107(97,98)104-83-86(105-89(94)77-74-71-68-65-62-59-56-51-30-27-24-21-18-15-12-9-6-3)82-100-88(93)76-73-70-67-64-61-58-55-52-49-32-29-26-23-20-17-14-11-8-5-2/h7-12,16-21,25-30,33-34,36-37,49,52,84-86,90-91H,4-6,13-15,22-24,31-32,35,38-48,50-51,53-83H2,1-3H3,(H,95,96)(H,97,98)/b10-7-,11-8-,12-9-,19-16-,20-17-,21-18-,28-25-,29-26-,30-27-,34-33-,37-36-,52-49-. The van der Waals surface area contributed by atoms with Crippen molar-refractivity contribution in [1.82, 2.24) is 0 Å². The van der Waals surface area contributed by atoms with Gasteiger partial charge in [-0.3, -0.25) is 32.5 Å². The van der Waals surface area contributed by atoms with Gasteiger partial charge in [-0.25, -0.2) is 9.13 Å². The number of carbonyl (C=O) groups is 3. The van der Waals surface area contributed by atoms with E-state index < -0.39 is 91.5 Å². The summed E-state index contributed by atoms with van der Waals surface area (Å²) in [4.78, 5) is 58.7. The molecule has 0 heterocycles. The molecule has 0 aliphatic carbocycles. The Balaban J connectivity index is 4.43. The number of phosphoric acid groups is 2. The van der Waals surface area contributed by atoms with Gasteiger partial charge in [0.25, 0.3) is 0 Å². The van der Waals surface area contributed by atoms with Crippen molar-refractivity contribution in [2.75, 3.05) is 39.6 Å². The van der Waals surface area contributed by atoms with Gasteiger partial charge in [0.2, 0.25) is 0 Å². The minimum absolute atomic E-state index is 0.0872. The summed E-state index contributed by atoms with van der Waals surface area (Å²) < 4.78 is 61.2. The highest BCUT2D eigenvalue weighted by Gasteiger charge is 2.29. The Bertz CT molecular complexity index is 2530. The van der Waals surface area contributed by atoms with Crippen molar-refractivity contribution >= 4 is 33.6 Å². The zero-order valence-corrected chi connectivity index (χ0v) is 69.1. The van der Waals surface area contributed by atoms with Crippen molar-refractivity contribution in [3.05, 3.63) is 146 Å². The lowest BCUT2D eigenvalue weighted by Gasteiger charge is -2.21. The molecule has 0 aromatic heterocycles. The van der Waals surface area contributed by atoms with Gasteiger partial charge in [0.05, 0.1) is 26.4 Å². The number of esters is 3. The largest absolute Gasteiger partial charge is 0.472 e. The molecule has 0 saturated carbocycles. The van der Waals surface area contributed by atoms with Crippen LogP contribution in [0, 0.1) is 0 Å². The average molecular weight is 1540 g/mol. The van der Waals surface area contributed by atoms with Crippen molar-refractivity contribution in [2.45, 2.75) is 360 Å². The van der Waals surface area contributed by atoms with Gasteiger partial charge in [-0.2, -0.15) is 0 Å². The van der Waals surface area contributed by atoms with Gasteiger partial charge in [-0.1, -0.05) is 334 Å². The van der Waals surface area contributed by atoms with Crippen LogP contribution < -0.4 is 0 Å². The number of phosphoric ester groups is 2. The molecular formula is C89H152O16P2. The lowest BCUT2D eigenvalue weighted by Crippen LogP contribution is -2.30. The quantitative estimate of drug-likeness (QED) is 0.0146. The van der Waals surface area contributed by atoms with Crippen LogP contribution in [-0.2, 0) is 55.8 Å². The van der Waals surface area contributed by atoms with E-state index in [1.54, 1.807) is 0 Å². The van der Waals surface area contributed by atoms with Crippen molar-refractivity contribution in [3.63, 3.8) is 0 Å². The summed E-state index contributed by atoms with van der Waals surface area (Å²) in [5, 5.41) is 20.7. The lowest BCUT2D eigenvalue weighted by molar-refractivity contribution is -0.161. The van der Waals surface area contributed by atoms with E-state index in [0.717, 1.165) is 180 Å². The van der Waals surface area contributed by atoms with Crippen LogP contribution in [0.1, 0.15) is 342 Å². The van der Waals surface area contributed by atoms with Crippen molar-refractivity contribution < 1.29 is 75.8 Å². The fourth-order valence-electron chi connectivity index (χ4n) is 11.3. The molecule has 18 heteroatoms. The molecule has 0 aliphatic rings. The first-order valence-electron chi connectivity index (χ1n) is 42.1. The molecular weight excluding hydrogens is 1390 g/mol. The maximum Gasteiger partial charge on any atom is 0.472 e. The molecule has 0 aromatic rings. The number of unbranched alkanes of at least 4 members (excludes halogenated alkanes) is 32. The van der Waals surface area contributed by atoms with E-state index >= 15 is 0 Å². The van der Waals surface area contributed by atoms with E-state index in [1.807, 2.05) is 0 Å². The molecule has 0 saturated heterocycles. The number of carbonyl (C=O) groups excluding carboxylic acids is 3. The number of aliphatic hydroxyl groups excluding tert-OH is 2. The molecule has 5 atom stereocenters. The number of aliphatic hydroxyl groups is 2. The molecule has 16 nitrogen and oxygen atoms in total. The van der Waals surface area contributed by atoms with E-state index in [4.69, 9.17) is 32.3 Å². The molecule has 0 rings (SSSR count). The van der Waals surface area contributed by atoms with Gasteiger partial charge in [0.1, 0.15) is 25.4 Å². The van der Waals surface area contributed by atoms with Crippen LogP contribution in [-0.4, -0.2) is 95.9 Å². The summed E-state index contributed by atoms with van der Waals surface area (Å²) in [6.45, 7) is 2.34. The highest BCUT2D eigenvalue weighted by atomic mass is 31.2. The van der Waals surface area contributed by atoms with Crippen LogP contribution in [0.2, 0.25) is 0 Å². The zero-order valence-electron chi connectivity index (χ0n) is 67.3. The summed E-state index contributed by atoms with van der Waals surface area (Å²) in [5.41, 5.74) is 0. The first-order valence-corrected chi connectivity index (χ1v) is 45.1. The van der Waals surface area contributed by atoms with Crippen LogP contribution >= 0.6 is 15.6 Å². The van der Waals surface area contributed by atoms with Gasteiger partial charge >= 0.3 is 33.6 Å². The Kier molecular flexibility index (Phi) is 77.5. The molecule has 5 unspecified atom stereocenters. The summed E-state index contributed by atoms with van der Waals surface area (Å²) in [7, 11) is -9.80. The molecule has 0 aromatic carbocycles. The van der Waals surface area contributed by atoms with Crippen molar-refractivity contribution in [3.8, 4) is 0 Å². The van der Waals surface area contributed by atoms with Crippen LogP contribution in [0.3, 0.4) is 0 Å². The Morgan fingerprint density at radius 3 is 0.738 bits per heavy atom. The molecule has 614 valence electrons. The van der Waals surface area contributed by atoms with Gasteiger partial charge in [-0.15, -0.1) is 0 Å². The first-order chi connectivity index (χ1) is 52.2. The van der Waals surface area contributed by atoms with Crippen LogP contribution in [0.25, 0.3) is 0 Å². The monoisotopic (exact) mass is 1540 g/mol. The third-order valence-electron chi connectivity index (χ3n) is 17.5. The maximum absolute atomic E-state index is 13.0. The SMILES string of the molecule is CC/C=C\C/C=C\C/C=C\C/C=C\C/C=C\CCCCCCCCCCCCCCCCCCCCCC(=O)OCC(O)COP(=O)(O)OCC(O)COP(=O)(O)OCC(COC(=O)CCCCCCCC/C=C\C/C=C\C/C=C\C/C=C\CC)OC(=O)CCCCCCCCC/C=C\C/C=C\C/C=C\CC. The van der Waals surface area contributed by atoms with E-state index in [2.05, 4.69) is 167 Å². The summed E-state index contributed by atoms with van der Waals surface area (Å²) in [6, 6.07) is 0. The summed E-state index contributed by atoms with van der Waals surface area (Å²) >= 11 is 0. The molecule has 0 aliphatic heterocycles. The predicted octanol–water partition coefficient (Wildman–Crippen LogP) is 25.2. The number of hydrogen-bond acceptors (Lipinski definition) is 14. The zero-order chi connectivity index (χ0) is 78.0. The predicted molar refractivity (Wildman–Crippen MR) is 445 cm³/mol. The molecule has 0 bridgehead atoms. The van der Waals surface area contributed by atoms with Gasteiger partial charge < -0.3 is 34.2 Å². The Morgan fingerprint density at radius 2 is 0.467 bits per heavy atom. The number of hydrogen-bond donors (Lipinski definition) is 4. The normalized spacial score (nSPS) is 14.6. The molecule has 107 heavy (non-hydrogen) atoms. The van der Waals surface area contributed by atoms with Crippen LogP contribution in [0.5, 0.6) is 0 Å². The minimum Gasteiger partial charge on any atom is -0.463 e. The van der Waals surface area contributed by atoms with Crippen LogP contribution in [0.4, 0.5) is 0 Å². The minimum atomic E-state index is -4.94. The highest BCUT2D eigenvalue weighted by Crippen LogP contribution is 2.45. The number of rotatable bonds is 79. The van der Waals surface area contributed by atoms with Crippen LogP contribution in [0.15, 0.2) is 146 Å². The van der Waals surface area contributed by atoms with E-state index in [0.29, 0.717) is 19.3 Å². The molecule has 0 radical (unpaired) electrons. The van der Waals surface area contributed by atoms with Crippen molar-refractivity contribution in [1.29, 1.82) is 0 Å². The van der Waals surface area contributed by atoms with Gasteiger partial charge in [0.15, 0.2) is 6.10 Å². The number of ether oxygens (including phenoxy) is 3. The first kappa shape index (κ1) is 102. The summed E-state index contributed by atoms with van der Waals surface area (Å²) in [5.74, 6) is -1.60. The van der Waals surface area contributed by atoms with Gasteiger partial charge in [-0.05, 0) is 135 Å². The third-order valence-corrected chi connectivity index (χ3v) is 19.4. The molecule has 0 fully saturated rings. The smallest absolute Gasteiger partial charge is 0.463 e. The lowest BCUT2D eigenvalue weighted by atomic mass is 10.0. The topological polar surface area (TPSA) is 231 Å². The average Bonchev–Trinajstić information content (AvgIpc) is 0.907. The Morgan fingerprint density at radius 1 is 0.262 bits per heavy atom. The second kappa shape index (κ2) is 80.9. The summed E-state index contributed by atoms with van der Waals surface area (Å²) in [6.07, 6.45) is 101. The third kappa shape index (κ3) is 82.2. The number of allylic oxidation sites excluding steroid dienone is 24. The second-order valence-electron chi connectivity index (χ2n) is 27.8. The Labute approximate surface area is 651 Å². The molecule has 4 N–H and O–H groups in total. The fourth-order valence-corrected chi connectivity index (χ4v) is 12.8. The van der Waals surface area contributed by atoms with E-state index in [-0.39, 0.29) is 19.3 Å². The van der Waals surface area contributed by atoms with Crippen molar-refractivity contribution in [2.24, 2.45) is 0 Å². The molecule has 0 spiro atoms. The Hall–Kier alpha value is -4.57. The second-order valence-corrected chi connectivity index (χ2v) is 30.7. The fraction of sp³-hybridized carbons (Fsp3) is 0.697. The maximum atomic E-state index is 13.0. The van der Waals surface area contributed by atoms with Gasteiger partial charge in [0, 0.05) is 19.3 Å². The molecule has 0 amide bonds. The van der Waals surface area contributed by atoms with E-state index in [9.17, 15) is 43.5 Å².